The second kappa shape index (κ2) is 16.1. The van der Waals surface area contributed by atoms with E-state index < -0.39 is 0 Å². The second-order valence-electron chi connectivity index (χ2n) is 15.7. The Labute approximate surface area is 362 Å². The van der Waals surface area contributed by atoms with Crippen molar-refractivity contribution < 1.29 is 4.42 Å². The van der Waals surface area contributed by atoms with Gasteiger partial charge >= 0.3 is 0 Å². The minimum atomic E-state index is 0.893. The molecule has 0 saturated heterocycles. The Hall–Kier alpha value is -8.20. The van der Waals surface area contributed by atoms with Crippen molar-refractivity contribution in [2.24, 2.45) is 0 Å². The highest BCUT2D eigenvalue weighted by atomic mass is 16.3. The zero-order chi connectivity index (χ0) is 41.2. The Morgan fingerprint density at radius 1 is 0.242 bits per heavy atom. The van der Waals surface area contributed by atoms with Crippen LogP contribution in [0.5, 0.6) is 0 Å². The molecule has 11 rings (SSSR count). The Bertz CT molecular complexity index is 3310. The molecule has 292 valence electrons. The van der Waals surface area contributed by atoms with E-state index in [0.29, 0.717) is 0 Å². The maximum Gasteiger partial charge on any atom is 0.136 e. The summed E-state index contributed by atoms with van der Waals surface area (Å²) in [6.07, 6.45) is 0. The lowest BCUT2D eigenvalue weighted by Crippen LogP contribution is -2.11. The van der Waals surface area contributed by atoms with Crippen LogP contribution < -0.4 is 4.90 Å². The minimum absolute atomic E-state index is 0.893. The van der Waals surface area contributed by atoms with Gasteiger partial charge in [-0.25, -0.2) is 0 Å². The number of hydrogen-bond acceptors (Lipinski definition) is 2. The standard InChI is InChI=1S/C60H41NO/c1-4-16-42(17-5-1)44-28-34-49(35-29-44)61(50-36-30-45(31-37-50)48-33-39-56-55-25-13-15-27-59(55)62-60(56)41-48)58-26-14-12-24-54(58)57-40-47(43-18-6-2-7-19-43)32-38-53(57)52-23-11-10-22-51(52)46-20-8-3-9-21-46/h1-41H. The van der Waals surface area contributed by atoms with Gasteiger partial charge in [-0.1, -0.05) is 194 Å². The van der Waals surface area contributed by atoms with Gasteiger partial charge in [-0.05, 0) is 116 Å². The zero-order valence-corrected chi connectivity index (χ0v) is 34.0. The lowest BCUT2D eigenvalue weighted by atomic mass is 9.86. The van der Waals surface area contributed by atoms with Crippen molar-refractivity contribution in [1.82, 2.24) is 0 Å². The largest absolute Gasteiger partial charge is 0.456 e. The highest BCUT2D eigenvalue weighted by Crippen LogP contribution is 2.47. The number of fused-ring (bicyclic) bond motifs is 3. The normalized spacial score (nSPS) is 11.2. The van der Waals surface area contributed by atoms with Crippen molar-refractivity contribution in [1.29, 1.82) is 0 Å². The van der Waals surface area contributed by atoms with Crippen molar-refractivity contribution in [3.63, 3.8) is 0 Å². The van der Waals surface area contributed by atoms with Gasteiger partial charge in [0.05, 0.1) is 5.69 Å². The fraction of sp³-hybridized carbons (Fsp3) is 0. The van der Waals surface area contributed by atoms with Gasteiger partial charge in [0.2, 0.25) is 0 Å². The first kappa shape index (κ1) is 36.8. The smallest absolute Gasteiger partial charge is 0.136 e. The minimum Gasteiger partial charge on any atom is -0.456 e. The van der Waals surface area contributed by atoms with Gasteiger partial charge in [0, 0.05) is 27.7 Å². The molecule has 11 aromatic rings. The maximum atomic E-state index is 6.29. The Morgan fingerprint density at radius 3 is 1.35 bits per heavy atom. The summed E-state index contributed by atoms with van der Waals surface area (Å²) in [7, 11) is 0. The fourth-order valence-electron chi connectivity index (χ4n) is 8.87. The molecule has 0 amide bonds. The number of anilines is 3. The molecule has 0 spiro atoms. The quantitative estimate of drug-likeness (QED) is 0.145. The number of hydrogen-bond donors (Lipinski definition) is 0. The van der Waals surface area contributed by atoms with E-state index in [2.05, 4.69) is 241 Å². The Balaban J connectivity index is 1.08. The van der Waals surface area contributed by atoms with Crippen LogP contribution in [0.1, 0.15) is 0 Å². The highest BCUT2D eigenvalue weighted by Gasteiger charge is 2.21. The van der Waals surface area contributed by atoms with Crippen LogP contribution in [-0.2, 0) is 0 Å². The molecular formula is C60H41NO. The topological polar surface area (TPSA) is 16.4 Å². The van der Waals surface area contributed by atoms with Crippen LogP contribution in [0, 0.1) is 0 Å². The number of para-hydroxylation sites is 2. The van der Waals surface area contributed by atoms with Crippen molar-refractivity contribution in [2.45, 2.75) is 0 Å². The van der Waals surface area contributed by atoms with Crippen molar-refractivity contribution >= 4 is 39.0 Å². The molecule has 0 unspecified atom stereocenters. The first-order chi connectivity index (χ1) is 30.7. The molecule has 0 atom stereocenters. The molecule has 0 fully saturated rings. The van der Waals surface area contributed by atoms with E-state index in [-0.39, 0.29) is 0 Å². The van der Waals surface area contributed by atoms with Crippen molar-refractivity contribution in [3.05, 3.63) is 249 Å². The molecule has 0 bridgehead atoms. The molecule has 0 aliphatic rings. The predicted octanol–water partition coefficient (Wildman–Crippen LogP) is 17.1. The summed E-state index contributed by atoms with van der Waals surface area (Å²) in [5.41, 5.74) is 19.0. The second-order valence-corrected chi connectivity index (χ2v) is 15.7. The van der Waals surface area contributed by atoms with Gasteiger partial charge in [-0.15, -0.1) is 0 Å². The molecule has 0 aliphatic carbocycles. The van der Waals surface area contributed by atoms with Crippen molar-refractivity contribution in [3.8, 4) is 66.8 Å². The molecule has 0 saturated carbocycles. The van der Waals surface area contributed by atoms with Gasteiger partial charge in [-0.3, -0.25) is 0 Å². The molecule has 1 heterocycles. The number of furan rings is 1. The molecule has 0 N–H and O–H groups in total. The number of benzene rings is 10. The molecule has 62 heavy (non-hydrogen) atoms. The van der Waals surface area contributed by atoms with Gasteiger partial charge in [0.1, 0.15) is 11.2 Å². The van der Waals surface area contributed by atoms with E-state index >= 15 is 0 Å². The summed E-state index contributed by atoms with van der Waals surface area (Å²) in [6.45, 7) is 0. The maximum absolute atomic E-state index is 6.29. The summed E-state index contributed by atoms with van der Waals surface area (Å²) in [5, 5.41) is 2.27. The first-order valence-electron chi connectivity index (χ1n) is 21.2. The molecular weight excluding hydrogens is 751 g/mol. The molecule has 2 nitrogen and oxygen atoms in total. The van der Waals surface area contributed by atoms with Crippen molar-refractivity contribution in [2.75, 3.05) is 4.90 Å². The summed E-state index contributed by atoms with van der Waals surface area (Å²) < 4.78 is 6.29. The molecule has 10 aromatic carbocycles. The van der Waals surface area contributed by atoms with E-state index in [0.717, 1.165) is 61.3 Å². The summed E-state index contributed by atoms with van der Waals surface area (Å²) >= 11 is 0. The summed E-state index contributed by atoms with van der Waals surface area (Å²) in [6, 6.07) is 89.2. The fourth-order valence-corrected chi connectivity index (χ4v) is 8.87. The molecule has 1 aromatic heterocycles. The van der Waals surface area contributed by atoms with Crippen LogP contribution in [0.4, 0.5) is 17.1 Å². The summed E-state index contributed by atoms with van der Waals surface area (Å²) in [5.74, 6) is 0. The third-order valence-corrected chi connectivity index (χ3v) is 11.9. The number of rotatable bonds is 9. The van der Waals surface area contributed by atoms with E-state index in [1.54, 1.807) is 0 Å². The third-order valence-electron chi connectivity index (χ3n) is 11.9. The highest BCUT2D eigenvalue weighted by molar-refractivity contribution is 6.06. The molecule has 0 radical (unpaired) electrons. The molecule has 2 heteroatoms. The lowest BCUT2D eigenvalue weighted by molar-refractivity contribution is 0.669. The van der Waals surface area contributed by atoms with Crippen LogP contribution in [0.15, 0.2) is 253 Å². The van der Waals surface area contributed by atoms with E-state index in [1.165, 1.54) is 44.5 Å². The summed E-state index contributed by atoms with van der Waals surface area (Å²) in [4.78, 5) is 2.40. The van der Waals surface area contributed by atoms with Crippen LogP contribution >= 0.6 is 0 Å². The van der Waals surface area contributed by atoms with Gasteiger partial charge in [0.15, 0.2) is 0 Å². The lowest BCUT2D eigenvalue weighted by Gasteiger charge is -2.29. The van der Waals surface area contributed by atoms with E-state index in [4.69, 9.17) is 4.42 Å². The van der Waals surface area contributed by atoms with Crippen LogP contribution in [0.3, 0.4) is 0 Å². The predicted molar refractivity (Wildman–Crippen MR) is 261 cm³/mol. The van der Waals surface area contributed by atoms with Gasteiger partial charge in [-0.2, -0.15) is 0 Å². The SMILES string of the molecule is c1ccc(-c2ccc(N(c3ccc(-c4ccc5c(c4)oc4ccccc45)cc3)c3ccccc3-c3cc(-c4ccccc4)ccc3-c3ccccc3-c3ccccc3)cc2)cc1. The monoisotopic (exact) mass is 791 g/mol. The van der Waals surface area contributed by atoms with Crippen LogP contribution in [0.25, 0.3) is 88.7 Å². The third kappa shape index (κ3) is 6.94. The van der Waals surface area contributed by atoms with Crippen LogP contribution in [0.2, 0.25) is 0 Å². The van der Waals surface area contributed by atoms with E-state index in [1.807, 2.05) is 12.1 Å². The Kier molecular flexibility index (Phi) is 9.57. The average Bonchev–Trinajstić information content (AvgIpc) is 3.73. The van der Waals surface area contributed by atoms with Gasteiger partial charge < -0.3 is 9.32 Å². The average molecular weight is 792 g/mol. The first-order valence-corrected chi connectivity index (χ1v) is 21.2. The van der Waals surface area contributed by atoms with Gasteiger partial charge in [0.25, 0.3) is 0 Å². The van der Waals surface area contributed by atoms with Crippen LogP contribution in [-0.4, -0.2) is 0 Å². The Morgan fingerprint density at radius 2 is 0.677 bits per heavy atom. The number of nitrogens with zero attached hydrogens (tertiary/aromatic N) is 1. The van der Waals surface area contributed by atoms with E-state index in [9.17, 15) is 0 Å². The molecule has 0 aliphatic heterocycles. The zero-order valence-electron chi connectivity index (χ0n) is 34.0.